The molecule has 0 aliphatic heterocycles. The van der Waals surface area contributed by atoms with Gasteiger partial charge in [-0.15, -0.1) is 0 Å². The summed E-state index contributed by atoms with van der Waals surface area (Å²) < 4.78 is 50.0. The highest BCUT2D eigenvalue weighted by Crippen LogP contribution is 2.65. The summed E-state index contributed by atoms with van der Waals surface area (Å²) in [7, 11) is 0. The zero-order chi connectivity index (χ0) is 15.5. The molecular formula is C12H8Cl2F4O2. The summed E-state index contributed by atoms with van der Waals surface area (Å²) in [6.07, 6.45) is -4.88. The predicted molar refractivity (Wildman–Crippen MR) is 64.4 cm³/mol. The molecule has 0 bridgehead atoms. The van der Waals surface area contributed by atoms with Crippen LogP contribution in [0, 0.1) is 18.7 Å². The number of aliphatic carboxylic acids is 1. The molecule has 8 heteroatoms. The number of hydrogen-bond acceptors (Lipinski definition) is 1. The lowest BCUT2D eigenvalue weighted by molar-refractivity contribution is -0.140. The van der Waals surface area contributed by atoms with Crippen LogP contribution >= 0.6 is 23.2 Å². The SMILES string of the molecule is Cc1cc(C2C(C(=O)O)C2(Cl)Cl)cc(C(F)(F)F)c1F. The predicted octanol–water partition coefficient (Wildman–Crippen LogP) is 4.12. The molecule has 0 radical (unpaired) electrons. The zero-order valence-corrected chi connectivity index (χ0v) is 11.4. The third-order valence-corrected chi connectivity index (χ3v) is 4.20. The van der Waals surface area contributed by atoms with Crippen LogP contribution in [-0.4, -0.2) is 15.4 Å². The molecule has 0 amide bonds. The van der Waals surface area contributed by atoms with Gasteiger partial charge in [0.2, 0.25) is 0 Å². The maximum atomic E-state index is 13.5. The van der Waals surface area contributed by atoms with Gasteiger partial charge in [-0.25, -0.2) is 4.39 Å². The maximum Gasteiger partial charge on any atom is 0.419 e. The van der Waals surface area contributed by atoms with E-state index >= 15 is 0 Å². The number of alkyl halides is 5. The van der Waals surface area contributed by atoms with Gasteiger partial charge in [0, 0.05) is 5.92 Å². The minimum absolute atomic E-state index is 0.0337. The van der Waals surface area contributed by atoms with Gasteiger partial charge in [0.15, 0.2) is 0 Å². The smallest absolute Gasteiger partial charge is 0.419 e. The van der Waals surface area contributed by atoms with Gasteiger partial charge in [0.1, 0.15) is 10.2 Å². The summed E-state index contributed by atoms with van der Waals surface area (Å²) in [5, 5.41) is 8.91. The Morgan fingerprint density at radius 2 is 1.90 bits per heavy atom. The number of carboxylic acid groups (broad SMARTS) is 1. The second kappa shape index (κ2) is 4.49. The minimum Gasteiger partial charge on any atom is -0.481 e. The Balaban J connectivity index is 2.51. The van der Waals surface area contributed by atoms with E-state index in [-0.39, 0.29) is 11.1 Å². The molecule has 0 spiro atoms. The van der Waals surface area contributed by atoms with Crippen LogP contribution in [0.5, 0.6) is 0 Å². The van der Waals surface area contributed by atoms with Crippen LogP contribution in [0.15, 0.2) is 12.1 Å². The summed E-state index contributed by atoms with van der Waals surface area (Å²) >= 11 is 11.5. The maximum absolute atomic E-state index is 13.5. The summed E-state index contributed by atoms with van der Waals surface area (Å²) in [6.45, 7) is 1.16. The number of carboxylic acids is 1. The van der Waals surface area contributed by atoms with E-state index in [1.54, 1.807) is 0 Å². The van der Waals surface area contributed by atoms with Crippen LogP contribution in [0.4, 0.5) is 17.6 Å². The first-order valence-corrected chi connectivity index (χ1v) is 6.21. The zero-order valence-electron chi connectivity index (χ0n) is 9.93. The Hall–Kier alpha value is -1.01. The van der Waals surface area contributed by atoms with Crippen molar-refractivity contribution in [1.29, 1.82) is 0 Å². The lowest BCUT2D eigenvalue weighted by Crippen LogP contribution is -2.10. The molecule has 1 N–H and O–H groups in total. The van der Waals surface area contributed by atoms with Crippen LogP contribution in [-0.2, 0) is 11.0 Å². The standard InChI is InChI=1S/C12H8Cl2F4O2/c1-4-2-5(3-6(9(4)15)12(16,17)18)7-8(10(19)20)11(7,13)14/h2-3,7-8H,1H3,(H,19,20). The number of benzene rings is 1. The molecule has 1 saturated carbocycles. The monoisotopic (exact) mass is 330 g/mol. The number of carbonyl (C=O) groups is 1. The Bertz CT molecular complexity index is 584. The Morgan fingerprint density at radius 1 is 1.35 bits per heavy atom. The van der Waals surface area contributed by atoms with E-state index in [0.717, 1.165) is 13.0 Å². The lowest BCUT2D eigenvalue weighted by Gasteiger charge is -2.12. The third kappa shape index (κ3) is 2.35. The summed E-state index contributed by atoms with van der Waals surface area (Å²) in [6, 6.07) is 1.70. The number of halogens is 6. The first-order valence-electron chi connectivity index (χ1n) is 5.45. The number of aryl methyl sites for hydroxylation is 1. The fraction of sp³-hybridized carbons (Fsp3) is 0.417. The van der Waals surface area contributed by atoms with E-state index in [0.29, 0.717) is 6.07 Å². The Morgan fingerprint density at radius 3 is 2.30 bits per heavy atom. The van der Waals surface area contributed by atoms with Gasteiger partial charge in [-0.05, 0) is 24.1 Å². The Kier molecular flexibility index (Phi) is 3.46. The Labute approximate surface area is 121 Å². The molecule has 2 atom stereocenters. The molecule has 20 heavy (non-hydrogen) atoms. The van der Waals surface area contributed by atoms with Crippen molar-refractivity contribution in [2.45, 2.75) is 23.4 Å². The molecule has 110 valence electrons. The van der Waals surface area contributed by atoms with Crippen LogP contribution in [0.2, 0.25) is 0 Å². The van der Waals surface area contributed by atoms with Crippen molar-refractivity contribution in [2.24, 2.45) is 5.92 Å². The average Bonchev–Trinajstić information content (AvgIpc) is 2.84. The highest BCUT2D eigenvalue weighted by atomic mass is 35.5. The third-order valence-electron chi connectivity index (χ3n) is 3.26. The van der Waals surface area contributed by atoms with Crippen LogP contribution in [0.1, 0.15) is 22.6 Å². The van der Waals surface area contributed by atoms with Crippen molar-refractivity contribution in [3.05, 3.63) is 34.6 Å². The lowest BCUT2D eigenvalue weighted by atomic mass is 10.0. The molecule has 0 aromatic heterocycles. The summed E-state index contributed by atoms with van der Waals surface area (Å²) in [4.78, 5) is 10.9. The molecule has 1 aliphatic rings. The quantitative estimate of drug-likeness (QED) is 0.654. The normalized spacial score (nSPS) is 24.6. The van der Waals surface area contributed by atoms with Crippen molar-refractivity contribution in [3.8, 4) is 0 Å². The van der Waals surface area contributed by atoms with Gasteiger partial charge in [0.05, 0.1) is 11.5 Å². The highest BCUT2D eigenvalue weighted by Gasteiger charge is 2.68. The summed E-state index contributed by atoms with van der Waals surface area (Å²) in [5.74, 6) is -4.90. The van der Waals surface area contributed by atoms with Crippen LogP contribution in [0.3, 0.4) is 0 Å². The van der Waals surface area contributed by atoms with Crippen LogP contribution in [0.25, 0.3) is 0 Å². The van der Waals surface area contributed by atoms with Crippen molar-refractivity contribution < 1.29 is 27.5 Å². The van der Waals surface area contributed by atoms with E-state index in [4.69, 9.17) is 28.3 Å². The van der Waals surface area contributed by atoms with Gasteiger partial charge in [-0.3, -0.25) is 4.79 Å². The first kappa shape index (κ1) is 15.4. The van der Waals surface area contributed by atoms with E-state index in [2.05, 4.69) is 0 Å². The fourth-order valence-corrected chi connectivity index (χ4v) is 3.05. The molecule has 2 nitrogen and oxygen atoms in total. The van der Waals surface area contributed by atoms with E-state index in [9.17, 15) is 22.4 Å². The molecule has 1 aromatic rings. The van der Waals surface area contributed by atoms with Crippen molar-refractivity contribution in [1.82, 2.24) is 0 Å². The molecule has 1 aromatic carbocycles. The van der Waals surface area contributed by atoms with Crippen molar-refractivity contribution >= 4 is 29.2 Å². The molecule has 2 unspecified atom stereocenters. The molecule has 1 aliphatic carbocycles. The van der Waals surface area contributed by atoms with Gasteiger partial charge in [-0.1, -0.05) is 29.3 Å². The van der Waals surface area contributed by atoms with E-state index in [1.165, 1.54) is 0 Å². The molecule has 0 saturated heterocycles. The molecular weight excluding hydrogens is 323 g/mol. The molecule has 1 fully saturated rings. The second-order valence-corrected chi connectivity index (χ2v) is 6.11. The van der Waals surface area contributed by atoms with Crippen molar-refractivity contribution in [2.75, 3.05) is 0 Å². The molecule has 0 heterocycles. The van der Waals surface area contributed by atoms with E-state index in [1.807, 2.05) is 0 Å². The minimum atomic E-state index is -4.88. The molecule has 2 rings (SSSR count). The topological polar surface area (TPSA) is 37.3 Å². The first-order chi connectivity index (χ1) is 8.98. The number of rotatable bonds is 2. The second-order valence-electron chi connectivity index (χ2n) is 4.67. The fourth-order valence-electron chi connectivity index (χ4n) is 2.23. The van der Waals surface area contributed by atoms with Gasteiger partial charge >= 0.3 is 12.1 Å². The van der Waals surface area contributed by atoms with Gasteiger partial charge in [0.25, 0.3) is 0 Å². The van der Waals surface area contributed by atoms with Crippen molar-refractivity contribution in [3.63, 3.8) is 0 Å². The van der Waals surface area contributed by atoms with Gasteiger partial charge < -0.3 is 5.11 Å². The van der Waals surface area contributed by atoms with E-state index < -0.39 is 39.7 Å². The highest BCUT2D eigenvalue weighted by molar-refractivity contribution is 6.53. The van der Waals surface area contributed by atoms with Gasteiger partial charge in [-0.2, -0.15) is 13.2 Å². The summed E-state index contributed by atoms with van der Waals surface area (Å²) in [5.41, 5.74) is -1.73. The average molecular weight is 331 g/mol. The number of hydrogen-bond donors (Lipinski definition) is 1. The largest absolute Gasteiger partial charge is 0.481 e. The van der Waals surface area contributed by atoms with Crippen LogP contribution < -0.4 is 0 Å².